The van der Waals surface area contributed by atoms with Crippen LogP contribution in [0, 0.1) is 10.1 Å². The van der Waals surface area contributed by atoms with Crippen LogP contribution in [0.15, 0.2) is 0 Å². The highest BCUT2D eigenvalue weighted by Gasteiger charge is 2.29. The summed E-state index contributed by atoms with van der Waals surface area (Å²) in [6.45, 7) is 5.93. The average Bonchev–Trinajstić information content (AvgIpc) is 2.39. The summed E-state index contributed by atoms with van der Waals surface area (Å²) < 4.78 is 0. The quantitative estimate of drug-likeness (QED) is 0.451. The normalized spacial score (nSPS) is 10.8. The summed E-state index contributed by atoms with van der Waals surface area (Å²) in [6, 6.07) is 0. The van der Waals surface area contributed by atoms with Gasteiger partial charge in [0.25, 0.3) is 0 Å². The zero-order valence-electron chi connectivity index (χ0n) is 12.4. The van der Waals surface area contributed by atoms with Crippen molar-refractivity contribution < 1.29 is 15.1 Å². The van der Waals surface area contributed by atoms with Gasteiger partial charge in [-0.1, -0.05) is 40.0 Å². The van der Waals surface area contributed by atoms with E-state index in [0.29, 0.717) is 30.4 Å². The maximum absolute atomic E-state index is 11.2. The molecule has 0 aliphatic rings. The predicted octanol–water partition coefficient (Wildman–Crippen LogP) is 3.86. The Balaban J connectivity index is 3.66. The Labute approximate surface area is 119 Å². The molecule has 0 aliphatic carbocycles. The molecule has 2 N–H and O–H groups in total. The lowest BCUT2D eigenvalue weighted by atomic mass is 9.89. The van der Waals surface area contributed by atoms with Gasteiger partial charge < -0.3 is 10.2 Å². The summed E-state index contributed by atoms with van der Waals surface area (Å²) in [5, 5.41) is 31.3. The molecule has 5 heteroatoms. The second kappa shape index (κ2) is 7.12. The number of phenols is 2. The maximum atomic E-state index is 11.2. The number of hydrogen-bond acceptors (Lipinski definition) is 4. The Morgan fingerprint density at radius 2 is 1.30 bits per heavy atom. The van der Waals surface area contributed by atoms with Gasteiger partial charge in [0, 0.05) is 11.1 Å². The van der Waals surface area contributed by atoms with E-state index in [9.17, 15) is 20.3 Å². The van der Waals surface area contributed by atoms with Crippen LogP contribution in [0.5, 0.6) is 11.5 Å². The van der Waals surface area contributed by atoms with Crippen LogP contribution in [0.3, 0.4) is 0 Å². The van der Waals surface area contributed by atoms with Gasteiger partial charge in [-0.15, -0.1) is 0 Å². The molecule has 0 radical (unpaired) electrons. The van der Waals surface area contributed by atoms with Gasteiger partial charge in [-0.05, 0) is 24.8 Å². The fourth-order valence-electron chi connectivity index (χ4n) is 2.65. The highest BCUT2D eigenvalue weighted by atomic mass is 16.6. The number of nitrogens with zero attached hydrogens (tertiary/aromatic N) is 1. The van der Waals surface area contributed by atoms with Gasteiger partial charge in [-0.25, -0.2) is 0 Å². The van der Waals surface area contributed by atoms with Crippen molar-refractivity contribution in [2.75, 3.05) is 0 Å². The van der Waals surface area contributed by atoms with Gasteiger partial charge in [0.05, 0.1) is 4.92 Å². The largest absolute Gasteiger partial charge is 0.504 e. The molecule has 0 aromatic heterocycles. The van der Waals surface area contributed by atoms with E-state index in [4.69, 9.17) is 0 Å². The zero-order valence-corrected chi connectivity index (χ0v) is 12.4. The third-order valence-electron chi connectivity index (χ3n) is 3.43. The fraction of sp³-hybridized carbons (Fsp3) is 0.600. The van der Waals surface area contributed by atoms with Crippen molar-refractivity contribution in [2.45, 2.75) is 59.3 Å². The molecule has 0 amide bonds. The number of rotatable bonds is 7. The molecule has 0 atom stereocenters. The molecule has 0 fully saturated rings. The van der Waals surface area contributed by atoms with Crippen molar-refractivity contribution >= 4 is 5.69 Å². The van der Waals surface area contributed by atoms with E-state index in [1.54, 1.807) is 0 Å². The summed E-state index contributed by atoms with van der Waals surface area (Å²) in [5.74, 6) is -0.899. The maximum Gasteiger partial charge on any atom is 0.318 e. The number of aromatic hydroxyl groups is 2. The molecule has 0 saturated carbocycles. The van der Waals surface area contributed by atoms with E-state index in [-0.39, 0.29) is 11.4 Å². The first-order chi connectivity index (χ1) is 9.49. The molecule has 0 bridgehead atoms. The number of phenolic OH excluding ortho intramolecular Hbond substituents is 2. The summed E-state index contributed by atoms with van der Waals surface area (Å²) in [6.07, 6.45) is 4.24. The molecule has 1 rings (SSSR count). The summed E-state index contributed by atoms with van der Waals surface area (Å²) in [7, 11) is 0. The number of benzene rings is 1. The Morgan fingerprint density at radius 3 is 1.75 bits per heavy atom. The van der Waals surface area contributed by atoms with Crippen molar-refractivity contribution in [2.24, 2.45) is 0 Å². The first-order valence-electron chi connectivity index (χ1n) is 7.22. The highest BCUT2D eigenvalue weighted by molar-refractivity contribution is 5.66. The van der Waals surface area contributed by atoms with Gasteiger partial charge >= 0.3 is 5.69 Å². The van der Waals surface area contributed by atoms with Gasteiger partial charge in [-0.3, -0.25) is 10.1 Å². The minimum absolute atomic E-state index is 0.318. The van der Waals surface area contributed by atoms with Crippen LogP contribution >= 0.6 is 0 Å². The van der Waals surface area contributed by atoms with Crippen LogP contribution in [0.1, 0.15) is 56.7 Å². The molecule has 1 aromatic rings. The Hall–Kier alpha value is -1.78. The number of nitro benzene ring substituents is 1. The minimum atomic E-state index is -0.588. The third kappa shape index (κ3) is 3.03. The predicted molar refractivity (Wildman–Crippen MR) is 78.4 cm³/mol. The molecule has 0 saturated heterocycles. The van der Waals surface area contributed by atoms with Crippen LogP contribution in [-0.2, 0) is 19.3 Å². The number of nitro groups is 1. The van der Waals surface area contributed by atoms with Gasteiger partial charge in [-0.2, -0.15) is 0 Å². The molecule has 0 aliphatic heterocycles. The average molecular weight is 281 g/mol. The topological polar surface area (TPSA) is 83.6 Å². The van der Waals surface area contributed by atoms with E-state index in [1.165, 1.54) is 0 Å². The van der Waals surface area contributed by atoms with Gasteiger partial charge in [0.1, 0.15) is 0 Å². The van der Waals surface area contributed by atoms with Crippen molar-refractivity contribution in [3.8, 4) is 11.5 Å². The Bertz CT molecular complexity index is 497. The summed E-state index contributed by atoms with van der Waals surface area (Å²) in [5.41, 5.74) is 1.77. The minimum Gasteiger partial charge on any atom is -0.504 e. The zero-order chi connectivity index (χ0) is 15.3. The standard InChI is InChI=1S/C15H23NO4/c1-4-7-10-11(8-5-2)13(16(19)20)15(18)14(17)12(10)9-6-3/h17-18H,4-9H2,1-3H3. The lowest BCUT2D eigenvalue weighted by molar-refractivity contribution is -0.386. The van der Waals surface area contributed by atoms with Gasteiger partial charge in [0.15, 0.2) is 5.75 Å². The summed E-state index contributed by atoms with van der Waals surface area (Å²) >= 11 is 0. The highest BCUT2D eigenvalue weighted by Crippen LogP contribution is 2.45. The van der Waals surface area contributed by atoms with E-state index in [2.05, 4.69) is 0 Å². The smallest absolute Gasteiger partial charge is 0.318 e. The van der Waals surface area contributed by atoms with E-state index >= 15 is 0 Å². The van der Waals surface area contributed by atoms with Crippen LogP contribution in [0.25, 0.3) is 0 Å². The van der Waals surface area contributed by atoms with Crippen LogP contribution in [0.2, 0.25) is 0 Å². The molecular weight excluding hydrogens is 258 g/mol. The SMILES string of the molecule is CCCc1c(O)c(O)c([N+](=O)[O-])c(CCC)c1CCC. The Kier molecular flexibility index (Phi) is 5.80. The van der Waals surface area contributed by atoms with Crippen molar-refractivity contribution in [3.05, 3.63) is 26.8 Å². The number of hydrogen-bond donors (Lipinski definition) is 2. The third-order valence-corrected chi connectivity index (χ3v) is 3.43. The van der Waals surface area contributed by atoms with Crippen LogP contribution in [-0.4, -0.2) is 15.1 Å². The first kappa shape index (κ1) is 16.3. The first-order valence-corrected chi connectivity index (χ1v) is 7.22. The summed E-state index contributed by atoms with van der Waals surface area (Å²) in [4.78, 5) is 10.6. The molecule has 20 heavy (non-hydrogen) atoms. The Morgan fingerprint density at radius 1 is 0.850 bits per heavy atom. The molecular formula is C15H23NO4. The van der Waals surface area contributed by atoms with E-state index < -0.39 is 10.7 Å². The van der Waals surface area contributed by atoms with E-state index in [1.807, 2.05) is 20.8 Å². The van der Waals surface area contributed by atoms with Crippen molar-refractivity contribution in [1.82, 2.24) is 0 Å². The second-order valence-corrected chi connectivity index (χ2v) is 4.99. The van der Waals surface area contributed by atoms with E-state index in [0.717, 1.165) is 24.8 Å². The molecule has 112 valence electrons. The molecule has 0 spiro atoms. The second-order valence-electron chi connectivity index (χ2n) is 4.99. The lowest BCUT2D eigenvalue weighted by Crippen LogP contribution is -2.06. The van der Waals surface area contributed by atoms with Crippen LogP contribution in [0.4, 0.5) is 5.69 Å². The van der Waals surface area contributed by atoms with Gasteiger partial charge in [0.2, 0.25) is 5.75 Å². The molecule has 0 heterocycles. The van der Waals surface area contributed by atoms with Crippen LogP contribution < -0.4 is 0 Å². The molecule has 0 unspecified atom stereocenters. The lowest BCUT2D eigenvalue weighted by Gasteiger charge is -2.17. The molecule has 1 aromatic carbocycles. The van der Waals surface area contributed by atoms with Crippen molar-refractivity contribution in [3.63, 3.8) is 0 Å². The fourth-order valence-corrected chi connectivity index (χ4v) is 2.65. The monoisotopic (exact) mass is 281 g/mol. The van der Waals surface area contributed by atoms with Crippen molar-refractivity contribution in [1.29, 1.82) is 0 Å². The molecule has 5 nitrogen and oxygen atoms in total.